The molecule has 0 saturated carbocycles. The van der Waals surface area contributed by atoms with Crippen LogP contribution in [0.5, 0.6) is 0 Å². The Labute approximate surface area is 148 Å². The maximum atomic E-state index is 11.3. The zero-order valence-corrected chi connectivity index (χ0v) is 15.2. The van der Waals surface area contributed by atoms with Gasteiger partial charge in [0.25, 0.3) is 0 Å². The number of Topliss-reactive ketones (excluding diaryl/α,β-unsaturated/α-hetero) is 1. The van der Waals surface area contributed by atoms with Gasteiger partial charge in [0, 0.05) is 41.3 Å². The van der Waals surface area contributed by atoms with Gasteiger partial charge in [0.1, 0.15) is 11.6 Å². The molecule has 2 rings (SSSR count). The number of hydrogen-bond acceptors (Lipinski definition) is 5. The summed E-state index contributed by atoms with van der Waals surface area (Å²) in [6, 6.07) is 5.71. The molecule has 0 spiro atoms. The predicted octanol–water partition coefficient (Wildman–Crippen LogP) is 4.33. The van der Waals surface area contributed by atoms with E-state index in [-0.39, 0.29) is 11.7 Å². The van der Waals surface area contributed by atoms with Gasteiger partial charge in [0.15, 0.2) is 5.82 Å². The van der Waals surface area contributed by atoms with Crippen LogP contribution in [0.15, 0.2) is 54.5 Å². The molecule has 0 aliphatic rings. The van der Waals surface area contributed by atoms with Gasteiger partial charge in [-0.15, -0.1) is 0 Å². The lowest BCUT2D eigenvalue weighted by Crippen LogP contribution is -2.04. The normalized spacial score (nSPS) is 13.0. The van der Waals surface area contributed by atoms with Gasteiger partial charge in [-0.25, -0.2) is 9.97 Å². The minimum Gasteiger partial charge on any atom is -0.344 e. The van der Waals surface area contributed by atoms with Gasteiger partial charge in [-0.05, 0) is 38.5 Å². The second kappa shape index (κ2) is 8.87. The first-order valence-corrected chi connectivity index (χ1v) is 8.40. The maximum Gasteiger partial charge on any atom is 0.163 e. The summed E-state index contributed by atoms with van der Waals surface area (Å²) >= 11 is 0. The Bertz CT molecular complexity index is 782. The molecule has 0 aromatic carbocycles. The first-order valence-electron chi connectivity index (χ1n) is 8.40. The summed E-state index contributed by atoms with van der Waals surface area (Å²) in [6.45, 7) is 7.49. The van der Waals surface area contributed by atoms with Crippen LogP contribution in [0.25, 0.3) is 11.4 Å². The number of allylic oxidation sites excluding steroid dienone is 4. The van der Waals surface area contributed by atoms with Crippen molar-refractivity contribution in [3.05, 3.63) is 60.2 Å². The summed E-state index contributed by atoms with van der Waals surface area (Å²) in [5.41, 5.74) is 2.78. The zero-order chi connectivity index (χ0) is 18.2. The average Bonchev–Trinajstić information content (AvgIpc) is 2.60. The molecular formula is C20H24N4O. The monoisotopic (exact) mass is 336 g/mol. The molecule has 0 fully saturated rings. The van der Waals surface area contributed by atoms with E-state index in [0.29, 0.717) is 5.82 Å². The molecule has 1 unspecified atom stereocenters. The van der Waals surface area contributed by atoms with Crippen LogP contribution in [0.3, 0.4) is 0 Å². The van der Waals surface area contributed by atoms with Crippen LogP contribution < -0.4 is 5.32 Å². The van der Waals surface area contributed by atoms with Crippen molar-refractivity contribution in [2.24, 2.45) is 5.92 Å². The Kier molecular flexibility index (Phi) is 6.57. The lowest BCUT2D eigenvalue weighted by Gasteiger charge is -2.10. The Morgan fingerprint density at radius 2 is 2.16 bits per heavy atom. The summed E-state index contributed by atoms with van der Waals surface area (Å²) in [5, 5.41) is 3.34. The van der Waals surface area contributed by atoms with E-state index >= 15 is 0 Å². The van der Waals surface area contributed by atoms with E-state index in [4.69, 9.17) is 0 Å². The number of carbonyl (C=O) groups is 1. The largest absolute Gasteiger partial charge is 0.344 e. The molecule has 2 aromatic rings. The molecule has 2 heterocycles. The summed E-state index contributed by atoms with van der Waals surface area (Å²) in [6.07, 6.45) is 10.1. The molecule has 25 heavy (non-hydrogen) atoms. The smallest absolute Gasteiger partial charge is 0.163 e. The van der Waals surface area contributed by atoms with Gasteiger partial charge >= 0.3 is 0 Å². The summed E-state index contributed by atoms with van der Waals surface area (Å²) in [4.78, 5) is 24.5. The van der Waals surface area contributed by atoms with Gasteiger partial charge in [0.2, 0.25) is 0 Å². The topological polar surface area (TPSA) is 67.8 Å². The van der Waals surface area contributed by atoms with E-state index in [2.05, 4.69) is 27.2 Å². The highest BCUT2D eigenvalue weighted by molar-refractivity contribution is 5.79. The van der Waals surface area contributed by atoms with Crippen molar-refractivity contribution in [2.45, 2.75) is 34.1 Å². The third kappa shape index (κ3) is 5.64. The van der Waals surface area contributed by atoms with Crippen LogP contribution in [0, 0.1) is 12.8 Å². The SMILES string of the molecule is CC/C(=C\C=C/C(C)C(C)=O)Nc1cc(C)nc(-c2cccnc2)n1. The van der Waals surface area contributed by atoms with E-state index in [1.54, 1.807) is 19.3 Å². The van der Waals surface area contributed by atoms with Crippen LogP contribution >= 0.6 is 0 Å². The number of nitrogens with zero attached hydrogens (tertiary/aromatic N) is 3. The lowest BCUT2D eigenvalue weighted by molar-refractivity contribution is -0.118. The maximum absolute atomic E-state index is 11.3. The van der Waals surface area contributed by atoms with Gasteiger partial charge in [-0.2, -0.15) is 0 Å². The Balaban J connectivity index is 2.20. The van der Waals surface area contributed by atoms with Crippen molar-refractivity contribution in [3.8, 4) is 11.4 Å². The number of aryl methyl sites for hydroxylation is 1. The highest BCUT2D eigenvalue weighted by atomic mass is 16.1. The number of ketones is 1. The standard InChI is InChI=1S/C20H24N4O/c1-5-18(10-6-8-14(2)16(4)25)23-19-12-15(3)22-20(24-19)17-9-7-11-21-13-17/h6-14H,5H2,1-4H3,(H,22,23,24)/b8-6-,18-10+. The molecular weight excluding hydrogens is 312 g/mol. The van der Waals surface area contributed by atoms with Gasteiger partial charge in [-0.3, -0.25) is 9.78 Å². The molecule has 0 radical (unpaired) electrons. The van der Waals surface area contributed by atoms with Crippen LogP contribution in [-0.4, -0.2) is 20.7 Å². The number of anilines is 1. The van der Waals surface area contributed by atoms with E-state index in [1.165, 1.54) is 0 Å². The van der Waals surface area contributed by atoms with Crippen molar-refractivity contribution in [2.75, 3.05) is 5.32 Å². The second-order valence-electron chi connectivity index (χ2n) is 5.91. The first kappa shape index (κ1) is 18.5. The first-order chi connectivity index (χ1) is 12.0. The van der Waals surface area contributed by atoms with Crippen LogP contribution in [0.2, 0.25) is 0 Å². The van der Waals surface area contributed by atoms with Gasteiger partial charge in [-0.1, -0.05) is 26.0 Å². The molecule has 1 N–H and O–H groups in total. The van der Waals surface area contributed by atoms with Crippen LogP contribution in [0.1, 0.15) is 32.9 Å². The predicted molar refractivity (Wildman–Crippen MR) is 101 cm³/mol. The van der Waals surface area contributed by atoms with Crippen LogP contribution in [-0.2, 0) is 4.79 Å². The fourth-order valence-corrected chi connectivity index (χ4v) is 2.14. The summed E-state index contributed by atoms with van der Waals surface area (Å²) < 4.78 is 0. The molecule has 2 aromatic heterocycles. The quantitative estimate of drug-likeness (QED) is 0.762. The molecule has 0 amide bonds. The molecule has 5 nitrogen and oxygen atoms in total. The average molecular weight is 336 g/mol. The number of nitrogens with one attached hydrogen (secondary N) is 1. The number of rotatable bonds is 7. The highest BCUT2D eigenvalue weighted by Crippen LogP contribution is 2.18. The molecule has 0 aliphatic heterocycles. The van der Waals surface area contributed by atoms with Crippen molar-refractivity contribution in [1.82, 2.24) is 15.0 Å². The summed E-state index contributed by atoms with van der Waals surface area (Å²) in [5.74, 6) is 1.47. The zero-order valence-electron chi connectivity index (χ0n) is 15.2. The molecule has 130 valence electrons. The minimum atomic E-state index is -0.0761. The molecule has 5 heteroatoms. The number of aromatic nitrogens is 3. The highest BCUT2D eigenvalue weighted by Gasteiger charge is 2.06. The molecule has 0 aliphatic carbocycles. The van der Waals surface area contributed by atoms with E-state index in [1.807, 2.05) is 50.3 Å². The Hall–Kier alpha value is -2.82. The summed E-state index contributed by atoms with van der Waals surface area (Å²) in [7, 11) is 0. The number of carbonyl (C=O) groups excluding carboxylic acids is 1. The van der Waals surface area contributed by atoms with Crippen molar-refractivity contribution >= 4 is 11.6 Å². The van der Waals surface area contributed by atoms with Gasteiger partial charge in [0.05, 0.1) is 0 Å². The fourth-order valence-electron chi connectivity index (χ4n) is 2.14. The van der Waals surface area contributed by atoms with Crippen molar-refractivity contribution < 1.29 is 4.79 Å². The van der Waals surface area contributed by atoms with Gasteiger partial charge < -0.3 is 5.32 Å². The Morgan fingerprint density at radius 1 is 1.36 bits per heavy atom. The molecule has 1 atom stereocenters. The Morgan fingerprint density at radius 3 is 2.80 bits per heavy atom. The van der Waals surface area contributed by atoms with E-state index < -0.39 is 0 Å². The molecule has 0 bridgehead atoms. The van der Waals surface area contributed by atoms with Crippen LogP contribution in [0.4, 0.5) is 5.82 Å². The number of pyridine rings is 1. The van der Waals surface area contributed by atoms with Crippen molar-refractivity contribution in [3.63, 3.8) is 0 Å². The minimum absolute atomic E-state index is 0.0761. The van der Waals surface area contributed by atoms with Crippen molar-refractivity contribution in [1.29, 1.82) is 0 Å². The lowest BCUT2D eigenvalue weighted by atomic mass is 10.1. The van der Waals surface area contributed by atoms with E-state index in [0.717, 1.165) is 29.2 Å². The number of hydrogen-bond donors (Lipinski definition) is 1. The second-order valence-corrected chi connectivity index (χ2v) is 5.91. The van der Waals surface area contributed by atoms with E-state index in [9.17, 15) is 4.79 Å². The third-order valence-electron chi connectivity index (χ3n) is 3.78. The third-order valence-corrected chi connectivity index (χ3v) is 3.78. The fraction of sp³-hybridized carbons (Fsp3) is 0.300. The molecule has 0 saturated heterocycles.